The molecule has 1 fully saturated rings. The third kappa shape index (κ3) is 4.77. The Morgan fingerprint density at radius 2 is 1.92 bits per heavy atom. The fourth-order valence-electron chi connectivity index (χ4n) is 2.53. The summed E-state index contributed by atoms with van der Waals surface area (Å²) in [6.45, 7) is 5.70. The summed E-state index contributed by atoms with van der Waals surface area (Å²) in [5.41, 5.74) is 0.123. The van der Waals surface area contributed by atoms with E-state index in [2.05, 4.69) is 10.3 Å². The van der Waals surface area contributed by atoms with Gasteiger partial charge in [0.15, 0.2) is 0 Å². The van der Waals surface area contributed by atoms with Gasteiger partial charge in [0.2, 0.25) is 15.9 Å². The maximum atomic E-state index is 12.6. The predicted molar refractivity (Wildman–Crippen MR) is 97.1 cm³/mol. The van der Waals surface area contributed by atoms with Crippen molar-refractivity contribution >= 4 is 33.6 Å². The lowest BCUT2D eigenvalue weighted by Gasteiger charge is -2.24. The van der Waals surface area contributed by atoms with Crippen LogP contribution in [0.5, 0.6) is 0 Å². The third-order valence-electron chi connectivity index (χ3n) is 4.03. The first-order valence-electron chi connectivity index (χ1n) is 8.22. The zero-order valence-corrected chi connectivity index (χ0v) is 16.1. The maximum Gasteiger partial charge on any atom is 0.268 e. The molecule has 2 heterocycles. The van der Waals surface area contributed by atoms with E-state index in [0.717, 1.165) is 11.5 Å². The normalized spacial score (nSPS) is 15.8. The van der Waals surface area contributed by atoms with Crippen LogP contribution in [-0.2, 0) is 14.8 Å². The van der Waals surface area contributed by atoms with Gasteiger partial charge in [-0.25, -0.2) is 8.42 Å². The van der Waals surface area contributed by atoms with E-state index in [-0.39, 0.29) is 23.0 Å². The average molecular weight is 389 g/mol. The molecule has 2 N–H and O–H groups in total. The van der Waals surface area contributed by atoms with E-state index < -0.39 is 15.9 Å². The number of carbonyl (C=O) groups excluding carboxylic acids is 2. The predicted octanol–water partition coefficient (Wildman–Crippen LogP) is 0.350. The summed E-state index contributed by atoms with van der Waals surface area (Å²) >= 11 is 1.72. The van der Waals surface area contributed by atoms with Gasteiger partial charge in [-0.2, -0.15) is 16.1 Å². The van der Waals surface area contributed by atoms with Crippen LogP contribution < -0.4 is 5.32 Å². The number of nitrogens with zero attached hydrogens (tertiary/aromatic N) is 2. The summed E-state index contributed by atoms with van der Waals surface area (Å²) in [7, 11) is -3.59. The van der Waals surface area contributed by atoms with E-state index in [0.29, 0.717) is 26.2 Å². The summed E-state index contributed by atoms with van der Waals surface area (Å²) in [5.74, 6) is 0.856. The first-order chi connectivity index (χ1) is 11.9. The number of thioether (sulfide) groups is 1. The summed E-state index contributed by atoms with van der Waals surface area (Å²) in [6.07, 6.45) is 1.32. The summed E-state index contributed by atoms with van der Waals surface area (Å²) in [6, 6.07) is 1.31. The second-order valence-corrected chi connectivity index (χ2v) is 8.68. The molecule has 2 rings (SSSR count). The number of hydrogen-bond donors (Lipinski definition) is 2. The van der Waals surface area contributed by atoms with Crippen molar-refractivity contribution in [2.75, 3.05) is 44.2 Å². The number of H-pyrrole nitrogens is 1. The highest BCUT2D eigenvalue weighted by Crippen LogP contribution is 2.20. The first-order valence-corrected chi connectivity index (χ1v) is 10.8. The number of hydrogen-bond acceptors (Lipinski definition) is 5. The summed E-state index contributed by atoms with van der Waals surface area (Å²) in [4.78, 5) is 28.4. The van der Waals surface area contributed by atoms with Crippen LogP contribution in [0.1, 0.15) is 24.3 Å². The lowest BCUT2D eigenvalue weighted by molar-refractivity contribution is -0.129. The number of nitrogens with one attached hydrogen (secondary N) is 2. The lowest BCUT2D eigenvalue weighted by atomic mass is 10.4. The zero-order valence-electron chi connectivity index (χ0n) is 14.4. The van der Waals surface area contributed by atoms with E-state index in [1.165, 1.54) is 16.6 Å². The SMILES string of the molecule is CCN(CC)C(=O)CNC(=O)c1cc(S(=O)(=O)N2CCSCC2)c[nH]1. The van der Waals surface area contributed by atoms with Crippen molar-refractivity contribution in [1.82, 2.24) is 19.5 Å². The molecule has 0 bridgehead atoms. The fourth-order valence-corrected chi connectivity index (χ4v) is 5.10. The van der Waals surface area contributed by atoms with Gasteiger partial charge in [-0.3, -0.25) is 9.59 Å². The van der Waals surface area contributed by atoms with Crippen LogP contribution in [-0.4, -0.2) is 78.7 Å². The number of amides is 2. The molecule has 1 saturated heterocycles. The Hall–Kier alpha value is -1.52. The van der Waals surface area contributed by atoms with Crippen molar-refractivity contribution in [3.8, 4) is 0 Å². The Balaban J connectivity index is 2.00. The standard InChI is InChI=1S/C15H24N4O4S2/c1-3-18(4-2)14(20)11-17-15(21)13-9-12(10-16-13)25(22,23)19-5-7-24-8-6-19/h9-10,16H,3-8,11H2,1-2H3,(H,17,21). The molecule has 0 aliphatic carbocycles. The number of sulfonamides is 1. The van der Waals surface area contributed by atoms with E-state index >= 15 is 0 Å². The average Bonchev–Trinajstić information content (AvgIpc) is 3.12. The van der Waals surface area contributed by atoms with Crippen LogP contribution in [0.3, 0.4) is 0 Å². The number of carbonyl (C=O) groups is 2. The lowest BCUT2D eigenvalue weighted by Crippen LogP contribution is -2.40. The highest BCUT2D eigenvalue weighted by Gasteiger charge is 2.27. The quantitative estimate of drug-likeness (QED) is 0.702. The minimum atomic E-state index is -3.59. The molecule has 25 heavy (non-hydrogen) atoms. The smallest absolute Gasteiger partial charge is 0.268 e. The fraction of sp³-hybridized carbons (Fsp3) is 0.600. The molecule has 0 radical (unpaired) electrons. The number of likely N-dealkylation sites (N-methyl/N-ethyl adjacent to an activating group) is 1. The van der Waals surface area contributed by atoms with Crippen LogP contribution in [0.4, 0.5) is 0 Å². The van der Waals surface area contributed by atoms with E-state index in [1.807, 2.05) is 13.8 Å². The largest absolute Gasteiger partial charge is 0.356 e. The molecule has 1 aromatic heterocycles. The van der Waals surface area contributed by atoms with Crippen LogP contribution in [0.15, 0.2) is 17.2 Å². The van der Waals surface area contributed by atoms with Crippen LogP contribution in [0, 0.1) is 0 Å². The minimum absolute atomic E-state index is 0.0691. The van der Waals surface area contributed by atoms with Crippen molar-refractivity contribution in [3.63, 3.8) is 0 Å². The van der Waals surface area contributed by atoms with Gasteiger partial charge in [0.1, 0.15) is 10.6 Å². The summed E-state index contributed by atoms with van der Waals surface area (Å²) < 4.78 is 26.5. The maximum absolute atomic E-state index is 12.6. The molecule has 1 aliphatic heterocycles. The monoisotopic (exact) mass is 388 g/mol. The molecule has 0 saturated carbocycles. The molecule has 0 atom stereocenters. The third-order valence-corrected chi connectivity index (χ3v) is 6.84. The highest BCUT2D eigenvalue weighted by molar-refractivity contribution is 7.99. The number of aromatic nitrogens is 1. The van der Waals surface area contributed by atoms with Crippen molar-refractivity contribution in [2.24, 2.45) is 0 Å². The Morgan fingerprint density at radius 1 is 1.28 bits per heavy atom. The zero-order chi connectivity index (χ0) is 18.4. The topological polar surface area (TPSA) is 103 Å². The van der Waals surface area contributed by atoms with E-state index in [4.69, 9.17) is 0 Å². The second-order valence-electron chi connectivity index (χ2n) is 5.51. The molecule has 2 amide bonds. The molecular weight excluding hydrogens is 364 g/mol. The molecular formula is C15H24N4O4S2. The molecule has 140 valence electrons. The Labute approximate surface area is 152 Å². The minimum Gasteiger partial charge on any atom is -0.356 e. The van der Waals surface area contributed by atoms with Gasteiger partial charge < -0.3 is 15.2 Å². The Bertz CT molecular complexity index is 707. The number of aromatic amines is 1. The molecule has 10 heteroatoms. The molecule has 8 nitrogen and oxygen atoms in total. The molecule has 0 aromatic carbocycles. The van der Waals surface area contributed by atoms with Gasteiger partial charge in [0.25, 0.3) is 5.91 Å². The summed E-state index contributed by atoms with van der Waals surface area (Å²) in [5, 5.41) is 2.52. The highest BCUT2D eigenvalue weighted by atomic mass is 32.2. The van der Waals surface area contributed by atoms with Crippen LogP contribution >= 0.6 is 11.8 Å². The molecule has 1 aliphatic rings. The van der Waals surface area contributed by atoms with Gasteiger partial charge in [-0.1, -0.05) is 0 Å². The Kier molecular flexibility index (Phi) is 6.91. The first kappa shape index (κ1) is 19.8. The van der Waals surface area contributed by atoms with Crippen LogP contribution in [0.2, 0.25) is 0 Å². The van der Waals surface area contributed by atoms with Gasteiger partial charge in [0.05, 0.1) is 6.54 Å². The van der Waals surface area contributed by atoms with Crippen molar-refractivity contribution in [3.05, 3.63) is 18.0 Å². The molecule has 1 aromatic rings. The Morgan fingerprint density at radius 3 is 2.52 bits per heavy atom. The number of rotatable bonds is 7. The van der Waals surface area contributed by atoms with E-state index in [1.54, 1.807) is 16.7 Å². The molecule has 0 spiro atoms. The molecule has 0 unspecified atom stereocenters. The van der Waals surface area contributed by atoms with Gasteiger partial charge in [-0.15, -0.1) is 0 Å². The van der Waals surface area contributed by atoms with Gasteiger partial charge >= 0.3 is 0 Å². The van der Waals surface area contributed by atoms with Gasteiger partial charge in [0, 0.05) is 43.9 Å². The van der Waals surface area contributed by atoms with Gasteiger partial charge in [-0.05, 0) is 19.9 Å². The van der Waals surface area contributed by atoms with Crippen molar-refractivity contribution < 1.29 is 18.0 Å². The second kappa shape index (κ2) is 8.72. The van der Waals surface area contributed by atoms with Crippen molar-refractivity contribution in [1.29, 1.82) is 0 Å². The van der Waals surface area contributed by atoms with Crippen LogP contribution in [0.25, 0.3) is 0 Å². The van der Waals surface area contributed by atoms with E-state index in [9.17, 15) is 18.0 Å². The van der Waals surface area contributed by atoms with Crippen molar-refractivity contribution in [2.45, 2.75) is 18.7 Å².